The van der Waals surface area contributed by atoms with E-state index in [0.29, 0.717) is 5.69 Å². The quantitative estimate of drug-likeness (QED) is 0.644. The lowest BCUT2D eigenvalue weighted by Gasteiger charge is -2.26. The lowest BCUT2D eigenvalue weighted by molar-refractivity contribution is 0.0715. The molecule has 5 nitrogen and oxygen atoms in total. The van der Waals surface area contributed by atoms with E-state index in [1.54, 1.807) is 7.11 Å². The van der Waals surface area contributed by atoms with Crippen LogP contribution in [0.3, 0.4) is 0 Å². The van der Waals surface area contributed by atoms with Gasteiger partial charge >= 0.3 is 0 Å². The third-order valence-corrected chi connectivity index (χ3v) is 5.53. The summed E-state index contributed by atoms with van der Waals surface area (Å²) in [5.74, 6) is 0.819. The Morgan fingerprint density at radius 2 is 1.79 bits per heavy atom. The molecule has 5 heteroatoms. The zero-order valence-corrected chi connectivity index (χ0v) is 17.3. The van der Waals surface area contributed by atoms with Gasteiger partial charge in [0.05, 0.1) is 18.5 Å². The number of likely N-dealkylation sites (tertiary alicyclic amines) is 1. The molecule has 0 aliphatic carbocycles. The maximum atomic E-state index is 13.4. The molecular weight excluding hydrogens is 362 g/mol. The first-order valence-corrected chi connectivity index (χ1v) is 10.2. The molecule has 1 saturated heterocycles. The zero-order chi connectivity index (χ0) is 20.4. The number of ether oxygens (including phenoxy) is 1. The minimum atomic E-state index is 0.0484. The average molecular weight is 389 g/mol. The van der Waals surface area contributed by atoms with Crippen molar-refractivity contribution in [2.24, 2.45) is 0 Å². The number of rotatable bonds is 4. The highest BCUT2D eigenvalue weighted by Crippen LogP contribution is 2.27. The molecule has 0 radical (unpaired) electrons. The van der Waals surface area contributed by atoms with Crippen LogP contribution in [0.1, 0.15) is 40.9 Å². The average Bonchev–Trinajstić information content (AvgIpc) is 3.21. The predicted octanol–water partition coefficient (Wildman–Crippen LogP) is 4.79. The zero-order valence-electron chi connectivity index (χ0n) is 17.3. The van der Waals surface area contributed by atoms with Crippen molar-refractivity contribution in [3.63, 3.8) is 0 Å². The van der Waals surface area contributed by atoms with Crippen LogP contribution in [0.25, 0.3) is 16.9 Å². The third kappa shape index (κ3) is 3.90. The molecule has 2 aromatic carbocycles. The van der Waals surface area contributed by atoms with Crippen LogP contribution >= 0.6 is 0 Å². The molecule has 0 unspecified atom stereocenters. The van der Waals surface area contributed by atoms with Crippen molar-refractivity contribution in [1.29, 1.82) is 0 Å². The molecular formula is C24H27N3O2. The Hall–Kier alpha value is -3.08. The number of methoxy groups -OCH3 is 1. The van der Waals surface area contributed by atoms with Crippen LogP contribution in [0.4, 0.5) is 0 Å². The summed E-state index contributed by atoms with van der Waals surface area (Å²) in [6.07, 6.45) is 3.31. The largest absolute Gasteiger partial charge is 0.497 e. The highest BCUT2D eigenvalue weighted by atomic mass is 16.5. The van der Waals surface area contributed by atoms with Gasteiger partial charge in [-0.1, -0.05) is 24.3 Å². The molecule has 0 N–H and O–H groups in total. The van der Waals surface area contributed by atoms with E-state index >= 15 is 0 Å². The molecule has 0 spiro atoms. The first-order chi connectivity index (χ1) is 14.1. The van der Waals surface area contributed by atoms with E-state index in [4.69, 9.17) is 9.84 Å². The van der Waals surface area contributed by atoms with Crippen molar-refractivity contribution in [2.45, 2.75) is 33.1 Å². The van der Waals surface area contributed by atoms with E-state index in [1.807, 2.05) is 39.9 Å². The number of aromatic nitrogens is 2. The molecule has 0 saturated carbocycles. The fourth-order valence-electron chi connectivity index (χ4n) is 3.85. The second-order valence-electron chi connectivity index (χ2n) is 7.70. The molecule has 1 aromatic heterocycles. The highest BCUT2D eigenvalue weighted by Gasteiger charge is 2.24. The number of carbonyl (C=O) groups is 1. The molecule has 150 valence electrons. The summed E-state index contributed by atoms with van der Waals surface area (Å²) >= 11 is 0. The van der Waals surface area contributed by atoms with E-state index in [1.165, 1.54) is 6.42 Å². The lowest BCUT2D eigenvalue weighted by Crippen LogP contribution is -2.36. The van der Waals surface area contributed by atoms with Gasteiger partial charge in [0.1, 0.15) is 11.4 Å². The van der Waals surface area contributed by atoms with Crippen LogP contribution in [0.5, 0.6) is 5.75 Å². The van der Waals surface area contributed by atoms with E-state index in [-0.39, 0.29) is 5.91 Å². The molecule has 0 atom stereocenters. The second-order valence-corrected chi connectivity index (χ2v) is 7.70. The highest BCUT2D eigenvalue weighted by molar-refractivity contribution is 5.94. The van der Waals surface area contributed by atoms with Gasteiger partial charge in [0, 0.05) is 18.7 Å². The number of hydrogen-bond acceptors (Lipinski definition) is 3. The van der Waals surface area contributed by atoms with Crippen LogP contribution in [0, 0.1) is 13.8 Å². The maximum absolute atomic E-state index is 13.4. The Labute approximate surface area is 171 Å². The third-order valence-electron chi connectivity index (χ3n) is 5.53. The molecule has 4 rings (SSSR count). The molecule has 1 fully saturated rings. The Kier molecular flexibility index (Phi) is 5.38. The van der Waals surface area contributed by atoms with Crippen LogP contribution in [0.2, 0.25) is 0 Å². The monoisotopic (exact) mass is 389 g/mol. The predicted molar refractivity (Wildman–Crippen MR) is 115 cm³/mol. The van der Waals surface area contributed by atoms with Gasteiger partial charge in [-0.2, -0.15) is 5.10 Å². The van der Waals surface area contributed by atoms with Gasteiger partial charge in [-0.3, -0.25) is 4.79 Å². The summed E-state index contributed by atoms with van der Waals surface area (Å²) < 4.78 is 7.18. The van der Waals surface area contributed by atoms with Crippen LogP contribution < -0.4 is 4.74 Å². The molecule has 1 amide bonds. The standard InChI is InChI=1S/C24H27N3O2/c1-17-10-11-18(2)22(14-17)27-23(24(28)26-12-5-4-6-13-26)16-21(25-27)19-8-7-9-20(15-19)29-3/h7-11,14-16H,4-6,12-13H2,1-3H3. The van der Waals surface area contributed by atoms with Gasteiger partial charge < -0.3 is 9.64 Å². The van der Waals surface area contributed by atoms with Gasteiger partial charge in [0.15, 0.2) is 0 Å². The lowest BCUT2D eigenvalue weighted by atomic mass is 10.1. The first-order valence-electron chi connectivity index (χ1n) is 10.2. The van der Waals surface area contributed by atoms with Gasteiger partial charge in [-0.15, -0.1) is 0 Å². The van der Waals surface area contributed by atoms with E-state index in [2.05, 4.69) is 32.0 Å². The summed E-state index contributed by atoms with van der Waals surface area (Å²) in [6, 6.07) is 15.9. The number of nitrogens with zero attached hydrogens (tertiary/aromatic N) is 3. The molecule has 29 heavy (non-hydrogen) atoms. The minimum Gasteiger partial charge on any atom is -0.497 e. The number of aryl methyl sites for hydroxylation is 2. The number of benzene rings is 2. The van der Waals surface area contributed by atoms with Crippen molar-refractivity contribution in [3.8, 4) is 22.7 Å². The van der Waals surface area contributed by atoms with Gasteiger partial charge in [-0.25, -0.2) is 4.68 Å². The summed E-state index contributed by atoms with van der Waals surface area (Å²) in [5.41, 5.74) is 5.48. The molecule has 2 heterocycles. The van der Waals surface area contributed by atoms with Crippen molar-refractivity contribution >= 4 is 5.91 Å². The molecule has 1 aliphatic heterocycles. The van der Waals surface area contributed by atoms with Crippen molar-refractivity contribution in [1.82, 2.24) is 14.7 Å². The Bertz CT molecular complexity index is 1030. The first kappa shape index (κ1) is 19.2. The Balaban J connectivity index is 1.84. The second kappa shape index (κ2) is 8.11. The number of carbonyl (C=O) groups excluding carboxylic acids is 1. The van der Waals surface area contributed by atoms with Crippen LogP contribution in [-0.4, -0.2) is 40.8 Å². The normalized spacial score (nSPS) is 14.1. The van der Waals surface area contributed by atoms with Gasteiger partial charge in [-0.05, 0) is 68.5 Å². The minimum absolute atomic E-state index is 0.0484. The van der Waals surface area contributed by atoms with Gasteiger partial charge in [0.2, 0.25) is 0 Å². The summed E-state index contributed by atoms with van der Waals surface area (Å²) in [4.78, 5) is 15.4. The fraction of sp³-hybridized carbons (Fsp3) is 0.333. The smallest absolute Gasteiger partial charge is 0.272 e. The topological polar surface area (TPSA) is 47.4 Å². The number of amides is 1. The SMILES string of the molecule is COc1cccc(-c2cc(C(=O)N3CCCCC3)n(-c3cc(C)ccc3C)n2)c1. The van der Waals surface area contributed by atoms with E-state index < -0.39 is 0 Å². The molecule has 1 aliphatic rings. The van der Waals surface area contributed by atoms with Crippen molar-refractivity contribution < 1.29 is 9.53 Å². The Morgan fingerprint density at radius 1 is 1.00 bits per heavy atom. The van der Waals surface area contributed by atoms with Crippen LogP contribution in [-0.2, 0) is 0 Å². The summed E-state index contributed by atoms with van der Waals surface area (Å²) in [5, 5.41) is 4.86. The number of piperidine rings is 1. The maximum Gasteiger partial charge on any atom is 0.272 e. The van der Waals surface area contributed by atoms with Crippen LogP contribution in [0.15, 0.2) is 48.5 Å². The van der Waals surface area contributed by atoms with Crippen molar-refractivity contribution in [2.75, 3.05) is 20.2 Å². The van der Waals surface area contributed by atoms with Crippen molar-refractivity contribution in [3.05, 3.63) is 65.4 Å². The van der Waals surface area contributed by atoms with E-state index in [0.717, 1.165) is 59.8 Å². The fourth-order valence-corrected chi connectivity index (χ4v) is 3.85. The summed E-state index contributed by atoms with van der Waals surface area (Å²) in [7, 11) is 1.65. The Morgan fingerprint density at radius 3 is 2.55 bits per heavy atom. The van der Waals surface area contributed by atoms with E-state index in [9.17, 15) is 4.79 Å². The van der Waals surface area contributed by atoms with Gasteiger partial charge in [0.25, 0.3) is 5.91 Å². The molecule has 0 bridgehead atoms. The number of hydrogen-bond donors (Lipinski definition) is 0. The summed E-state index contributed by atoms with van der Waals surface area (Å²) in [6.45, 7) is 5.73. The molecule has 3 aromatic rings.